The SMILES string of the molecule is CNc1nc(NC)nc(NC(=S)/N=C2\CC(=O)N(C(=O)c3cccnc3)N2)n1. The van der Waals surface area contributed by atoms with Crippen LogP contribution in [-0.2, 0) is 4.79 Å². The second-order valence-electron chi connectivity index (χ2n) is 5.36. The van der Waals surface area contributed by atoms with Crippen molar-refractivity contribution in [3.63, 3.8) is 0 Å². The number of hydrazine groups is 1. The first kappa shape index (κ1) is 19.0. The summed E-state index contributed by atoms with van der Waals surface area (Å²) < 4.78 is 0. The van der Waals surface area contributed by atoms with Crippen LogP contribution in [0.25, 0.3) is 0 Å². The summed E-state index contributed by atoms with van der Waals surface area (Å²) in [5.74, 6) is 0.0732. The Balaban J connectivity index is 1.70. The highest BCUT2D eigenvalue weighted by Gasteiger charge is 2.32. The molecule has 28 heavy (non-hydrogen) atoms. The van der Waals surface area contributed by atoms with Gasteiger partial charge in [0.25, 0.3) is 11.8 Å². The lowest BCUT2D eigenvalue weighted by atomic mass is 10.2. The standard InChI is InChI=1S/C15H16N10O2S/c1-16-12-20-13(17-2)22-14(21-12)23-15(28)19-9-6-10(26)25(24-9)11(27)8-4-3-5-18-7-8/h3-5,7H,6H2,1-2H3,(H4,16,17,19,20,21,22,23,24,28). The highest BCUT2D eigenvalue weighted by atomic mass is 32.1. The normalized spacial score (nSPS) is 14.6. The van der Waals surface area contributed by atoms with E-state index in [9.17, 15) is 9.59 Å². The molecule has 1 saturated heterocycles. The molecule has 1 fully saturated rings. The third-order valence-electron chi connectivity index (χ3n) is 3.46. The van der Waals surface area contributed by atoms with Crippen LogP contribution in [0.3, 0.4) is 0 Å². The number of rotatable bonds is 4. The maximum Gasteiger partial charge on any atom is 0.281 e. The lowest BCUT2D eigenvalue weighted by molar-refractivity contribution is -0.126. The minimum atomic E-state index is -0.531. The van der Waals surface area contributed by atoms with Gasteiger partial charge < -0.3 is 10.6 Å². The Hall–Kier alpha value is -3.74. The first-order valence-corrected chi connectivity index (χ1v) is 8.45. The Morgan fingerprint density at radius 2 is 1.89 bits per heavy atom. The predicted octanol–water partition coefficient (Wildman–Crippen LogP) is 0.0226. The van der Waals surface area contributed by atoms with E-state index in [2.05, 4.69) is 46.3 Å². The number of pyridine rings is 1. The van der Waals surface area contributed by atoms with Gasteiger partial charge in [0.2, 0.25) is 23.0 Å². The maximum atomic E-state index is 12.4. The molecule has 144 valence electrons. The number of carbonyl (C=O) groups excluding carboxylic acids is 2. The Kier molecular flexibility index (Phi) is 5.64. The Morgan fingerprint density at radius 1 is 1.21 bits per heavy atom. The van der Waals surface area contributed by atoms with Crippen LogP contribution >= 0.6 is 12.2 Å². The number of carbonyl (C=O) groups is 2. The van der Waals surface area contributed by atoms with Gasteiger partial charge in [0.1, 0.15) is 5.84 Å². The molecular formula is C15H16N10O2S. The smallest absolute Gasteiger partial charge is 0.281 e. The summed E-state index contributed by atoms with van der Waals surface area (Å²) in [4.78, 5) is 44.8. The van der Waals surface area contributed by atoms with Gasteiger partial charge in [0.05, 0.1) is 12.0 Å². The molecule has 2 amide bonds. The number of anilines is 3. The molecule has 2 aromatic rings. The fourth-order valence-electron chi connectivity index (χ4n) is 2.20. The maximum absolute atomic E-state index is 12.4. The molecule has 0 aliphatic carbocycles. The van der Waals surface area contributed by atoms with E-state index in [0.717, 1.165) is 5.01 Å². The van der Waals surface area contributed by atoms with Crippen molar-refractivity contribution in [2.24, 2.45) is 4.99 Å². The van der Waals surface area contributed by atoms with E-state index in [1.165, 1.54) is 12.4 Å². The van der Waals surface area contributed by atoms with Gasteiger partial charge >= 0.3 is 0 Å². The van der Waals surface area contributed by atoms with Gasteiger partial charge in [-0.15, -0.1) is 0 Å². The van der Waals surface area contributed by atoms with E-state index < -0.39 is 11.8 Å². The average molecular weight is 400 g/mol. The minimum Gasteiger partial charge on any atom is -0.357 e. The third kappa shape index (κ3) is 4.32. The number of aliphatic imine (C=N–C) groups is 1. The van der Waals surface area contributed by atoms with E-state index in [1.807, 2.05) is 0 Å². The van der Waals surface area contributed by atoms with Gasteiger partial charge in [0, 0.05) is 26.5 Å². The zero-order valence-electron chi connectivity index (χ0n) is 14.9. The molecule has 0 unspecified atom stereocenters. The number of amidine groups is 1. The fourth-order valence-corrected chi connectivity index (χ4v) is 2.40. The van der Waals surface area contributed by atoms with Crippen molar-refractivity contribution in [3.05, 3.63) is 30.1 Å². The van der Waals surface area contributed by atoms with Crippen molar-refractivity contribution >= 4 is 52.8 Å². The van der Waals surface area contributed by atoms with Crippen LogP contribution in [-0.4, -0.2) is 61.8 Å². The molecule has 0 radical (unpaired) electrons. The molecular weight excluding hydrogens is 384 g/mol. The van der Waals surface area contributed by atoms with Gasteiger partial charge in [-0.1, -0.05) is 0 Å². The second kappa shape index (κ2) is 8.30. The molecule has 1 aliphatic rings. The number of amides is 2. The predicted molar refractivity (Wildman–Crippen MR) is 106 cm³/mol. The summed E-state index contributed by atoms with van der Waals surface area (Å²) in [5, 5.41) is 9.24. The van der Waals surface area contributed by atoms with Gasteiger partial charge in [-0.3, -0.25) is 25.3 Å². The highest BCUT2D eigenvalue weighted by molar-refractivity contribution is 7.80. The summed E-state index contributed by atoms with van der Waals surface area (Å²) in [6.07, 6.45) is 2.81. The van der Waals surface area contributed by atoms with E-state index in [0.29, 0.717) is 11.9 Å². The van der Waals surface area contributed by atoms with Crippen molar-refractivity contribution in [1.29, 1.82) is 0 Å². The number of thiocarbonyl (C=S) groups is 1. The lowest BCUT2D eigenvalue weighted by Crippen LogP contribution is -2.41. The number of imide groups is 1. The largest absolute Gasteiger partial charge is 0.357 e. The lowest BCUT2D eigenvalue weighted by Gasteiger charge is -2.13. The number of nitrogens with one attached hydrogen (secondary N) is 4. The summed E-state index contributed by atoms with van der Waals surface area (Å²) in [7, 11) is 3.33. The molecule has 12 nitrogen and oxygen atoms in total. The molecule has 0 atom stereocenters. The summed E-state index contributed by atoms with van der Waals surface area (Å²) in [5.41, 5.74) is 2.92. The zero-order valence-corrected chi connectivity index (χ0v) is 15.7. The average Bonchev–Trinajstić information content (AvgIpc) is 3.07. The first-order valence-electron chi connectivity index (χ1n) is 8.04. The van der Waals surface area contributed by atoms with Crippen molar-refractivity contribution < 1.29 is 9.59 Å². The number of hydrogen-bond acceptors (Lipinski definition) is 9. The number of hydrogen-bond donors (Lipinski definition) is 4. The molecule has 3 heterocycles. The molecule has 4 N–H and O–H groups in total. The molecule has 1 aliphatic heterocycles. The monoisotopic (exact) mass is 400 g/mol. The van der Waals surface area contributed by atoms with Crippen LogP contribution < -0.4 is 21.4 Å². The second-order valence-corrected chi connectivity index (χ2v) is 5.75. The van der Waals surface area contributed by atoms with Crippen LogP contribution in [0, 0.1) is 0 Å². The van der Waals surface area contributed by atoms with Crippen molar-refractivity contribution in [2.75, 3.05) is 30.0 Å². The van der Waals surface area contributed by atoms with Crippen molar-refractivity contribution in [3.8, 4) is 0 Å². The van der Waals surface area contributed by atoms with Gasteiger partial charge in [-0.2, -0.15) is 20.0 Å². The third-order valence-corrected chi connectivity index (χ3v) is 3.65. The Bertz CT molecular complexity index is 927. The van der Waals surface area contributed by atoms with Crippen molar-refractivity contribution in [2.45, 2.75) is 6.42 Å². The summed E-state index contributed by atoms with van der Waals surface area (Å²) in [6, 6.07) is 3.17. The van der Waals surface area contributed by atoms with Crippen LogP contribution in [0.1, 0.15) is 16.8 Å². The zero-order chi connectivity index (χ0) is 20.1. The van der Waals surface area contributed by atoms with Gasteiger partial charge in [0.15, 0.2) is 0 Å². The summed E-state index contributed by atoms with van der Waals surface area (Å²) in [6.45, 7) is 0. The van der Waals surface area contributed by atoms with Crippen LogP contribution in [0.2, 0.25) is 0 Å². The quantitative estimate of drug-likeness (QED) is 0.406. The number of aromatic nitrogens is 4. The van der Waals surface area contributed by atoms with Crippen LogP contribution in [0.5, 0.6) is 0 Å². The molecule has 3 rings (SSSR count). The molecule has 0 saturated carbocycles. The van der Waals surface area contributed by atoms with Gasteiger partial charge in [-0.25, -0.2) is 4.99 Å². The van der Waals surface area contributed by atoms with E-state index >= 15 is 0 Å². The minimum absolute atomic E-state index is 0.0151. The topological polar surface area (TPSA) is 149 Å². The Labute approximate surface area is 164 Å². The molecule has 0 aromatic carbocycles. The van der Waals surface area contributed by atoms with Crippen LogP contribution in [0.15, 0.2) is 29.5 Å². The van der Waals surface area contributed by atoms with Crippen LogP contribution in [0.4, 0.5) is 17.8 Å². The van der Waals surface area contributed by atoms with E-state index in [-0.39, 0.29) is 28.9 Å². The van der Waals surface area contributed by atoms with Crippen molar-refractivity contribution in [1.82, 2.24) is 30.4 Å². The first-order chi connectivity index (χ1) is 13.5. The summed E-state index contributed by atoms with van der Waals surface area (Å²) >= 11 is 5.16. The molecule has 13 heteroatoms. The number of nitrogens with zero attached hydrogens (tertiary/aromatic N) is 6. The molecule has 0 bridgehead atoms. The molecule has 2 aromatic heterocycles. The van der Waals surface area contributed by atoms with Gasteiger partial charge in [-0.05, 0) is 24.4 Å². The van der Waals surface area contributed by atoms with E-state index in [4.69, 9.17) is 12.2 Å². The highest BCUT2D eigenvalue weighted by Crippen LogP contribution is 2.11. The Morgan fingerprint density at radius 3 is 2.50 bits per heavy atom. The van der Waals surface area contributed by atoms with E-state index in [1.54, 1.807) is 26.2 Å². The fraction of sp³-hybridized carbons (Fsp3) is 0.200. The molecule has 0 spiro atoms.